The second kappa shape index (κ2) is 4.68. The second-order valence-corrected chi connectivity index (χ2v) is 1.50. The van der Waals surface area contributed by atoms with Crippen molar-refractivity contribution in [2.24, 2.45) is 0 Å². The zero-order chi connectivity index (χ0) is 6.41. The van der Waals surface area contributed by atoms with E-state index in [0.717, 1.165) is 0 Å². The Morgan fingerprint density at radius 2 is 1.50 bits per heavy atom. The van der Waals surface area contributed by atoms with Gasteiger partial charge in [-0.15, -0.1) is 0 Å². The van der Waals surface area contributed by atoms with E-state index in [-0.39, 0.29) is 13.1 Å². The Morgan fingerprint density at radius 1 is 1.12 bits per heavy atom. The fourth-order valence-corrected chi connectivity index (χ4v) is 0.351. The lowest BCUT2D eigenvalue weighted by Crippen LogP contribution is -2.15. The van der Waals surface area contributed by atoms with Crippen LogP contribution >= 0.6 is 0 Å². The van der Waals surface area contributed by atoms with Crippen LogP contribution in [0.5, 0.6) is 0 Å². The standard InChI is InChI=1S/C5H10F2N/c1-8(4-2-6)5-3-7/h1-5H2/q+1. The van der Waals surface area contributed by atoms with Gasteiger partial charge in [-0.3, -0.25) is 0 Å². The van der Waals surface area contributed by atoms with Crippen molar-refractivity contribution < 1.29 is 13.4 Å². The summed E-state index contributed by atoms with van der Waals surface area (Å²) in [5, 5.41) is 0. The number of hydrogen-bond donors (Lipinski definition) is 0. The molecule has 48 valence electrons. The molecule has 0 saturated carbocycles. The molecule has 0 aromatic heterocycles. The molecule has 0 aliphatic carbocycles. The summed E-state index contributed by atoms with van der Waals surface area (Å²) >= 11 is 0. The van der Waals surface area contributed by atoms with Crippen LogP contribution in [0, 0.1) is 0 Å². The van der Waals surface area contributed by atoms with Crippen molar-refractivity contribution in [2.75, 3.05) is 26.4 Å². The van der Waals surface area contributed by atoms with Crippen LogP contribution < -0.4 is 0 Å². The Morgan fingerprint density at radius 3 is 1.75 bits per heavy atom. The molecule has 0 unspecified atom stereocenters. The van der Waals surface area contributed by atoms with Gasteiger partial charge in [0.15, 0.2) is 13.1 Å². The lowest BCUT2D eigenvalue weighted by molar-refractivity contribution is -0.520. The molecule has 3 heteroatoms. The molecule has 0 aromatic carbocycles. The third-order valence-corrected chi connectivity index (χ3v) is 0.801. The summed E-state index contributed by atoms with van der Waals surface area (Å²) in [7, 11) is 0. The second-order valence-electron chi connectivity index (χ2n) is 1.50. The smallest absolute Gasteiger partial charge is 0.170 e. The Bertz CT molecular complexity index is 64.8. The van der Waals surface area contributed by atoms with Gasteiger partial charge >= 0.3 is 0 Å². The predicted octanol–water partition coefficient (Wildman–Crippen LogP) is 0.639. The molecule has 8 heavy (non-hydrogen) atoms. The van der Waals surface area contributed by atoms with E-state index in [1.807, 2.05) is 0 Å². The van der Waals surface area contributed by atoms with Gasteiger partial charge in [0.05, 0.1) is 0 Å². The lowest BCUT2D eigenvalue weighted by atomic mass is 10.6. The SMILES string of the molecule is C=[N+](CCF)CCF. The van der Waals surface area contributed by atoms with Crippen LogP contribution in [-0.4, -0.2) is 37.7 Å². The monoisotopic (exact) mass is 122 g/mol. The molecule has 0 saturated heterocycles. The maximum atomic E-state index is 11.4. The first-order valence-corrected chi connectivity index (χ1v) is 2.48. The van der Waals surface area contributed by atoms with E-state index in [0.29, 0.717) is 0 Å². The molecule has 0 aliphatic rings. The molecule has 0 N–H and O–H groups in total. The van der Waals surface area contributed by atoms with Gasteiger partial charge in [0, 0.05) is 0 Å². The van der Waals surface area contributed by atoms with Crippen molar-refractivity contribution in [1.82, 2.24) is 0 Å². The maximum absolute atomic E-state index is 11.4. The number of alkyl halides is 2. The van der Waals surface area contributed by atoms with Gasteiger partial charge in [-0.25, -0.2) is 13.4 Å². The average Bonchev–Trinajstić information content (AvgIpc) is 1.68. The van der Waals surface area contributed by atoms with E-state index in [9.17, 15) is 8.78 Å². The molecule has 0 bridgehead atoms. The summed E-state index contributed by atoms with van der Waals surface area (Å²) in [6.45, 7) is 2.91. The van der Waals surface area contributed by atoms with E-state index >= 15 is 0 Å². The normalized spacial score (nSPS) is 9.25. The maximum Gasteiger partial charge on any atom is 0.170 e. The highest BCUT2D eigenvalue weighted by atomic mass is 19.1. The first kappa shape index (κ1) is 7.53. The van der Waals surface area contributed by atoms with Crippen LogP contribution in [-0.2, 0) is 0 Å². The Balaban J connectivity index is 3.06. The van der Waals surface area contributed by atoms with E-state index in [1.54, 1.807) is 0 Å². The Hall–Kier alpha value is -0.470. The zero-order valence-corrected chi connectivity index (χ0v) is 4.74. The third-order valence-electron chi connectivity index (χ3n) is 0.801. The van der Waals surface area contributed by atoms with Crippen molar-refractivity contribution in [3.05, 3.63) is 0 Å². The quantitative estimate of drug-likeness (QED) is 0.380. The third kappa shape index (κ3) is 3.71. The molecule has 0 rings (SSSR count). The fraction of sp³-hybridized carbons (Fsp3) is 0.800. The first-order chi connectivity index (χ1) is 3.81. The van der Waals surface area contributed by atoms with Gasteiger partial charge < -0.3 is 0 Å². The minimum atomic E-state index is -0.455. The molecule has 0 amide bonds. The number of hydrogen-bond acceptors (Lipinski definition) is 0. The summed E-state index contributed by atoms with van der Waals surface area (Å²) in [6, 6.07) is 0. The van der Waals surface area contributed by atoms with Crippen LogP contribution in [0.1, 0.15) is 0 Å². The van der Waals surface area contributed by atoms with Gasteiger partial charge in [0.1, 0.15) is 20.1 Å². The van der Waals surface area contributed by atoms with Gasteiger partial charge in [-0.1, -0.05) is 0 Å². The van der Waals surface area contributed by atoms with Crippen LogP contribution in [0.2, 0.25) is 0 Å². The van der Waals surface area contributed by atoms with Gasteiger partial charge in [-0.2, -0.15) is 0 Å². The minimum absolute atomic E-state index is 0.226. The van der Waals surface area contributed by atoms with Crippen LogP contribution in [0.4, 0.5) is 8.78 Å². The van der Waals surface area contributed by atoms with Crippen LogP contribution in [0.15, 0.2) is 0 Å². The molecule has 0 radical (unpaired) electrons. The number of nitrogens with zero attached hydrogens (tertiary/aromatic N) is 1. The largest absolute Gasteiger partial charge is 0.244 e. The van der Waals surface area contributed by atoms with Crippen molar-refractivity contribution in [3.8, 4) is 0 Å². The van der Waals surface area contributed by atoms with Gasteiger partial charge in [-0.05, 0) is 0 Å². The summed E-state index contributed by atoms with van der Waals surface area (Å²) in [5.74, 6) is 0. The predicted molar refractivity (Wildman–Crippen MR) is 29.1 cm³/mol. The first-order valence-electron chi connectivity index (χ1n) is 2.48. The van der Waals surface area contributed by atoms with Crippen LogP contribution in [0.3, 0.4) is 0 Å². The number of halogens is 2. The number of rotatable bonds is 4. The molecule has 0 spiro atoms. The zero-order valence-electron chi connectivity index (χ0n) is 4.74. The fourth-order valence-electron chi connectivity index (χ4n) is 0.351. The molecule has 0 aliphatic heterocycles. The molecule has 0 atom stereocenters. The Labute approximate surface area is 47.6 Å². The average molecular weight is 122 g/mol. The van der Waals surface area contributed by atoms with Crippen molar-refractivity contribution in [3.63, 3.8) is 0 Å². The molecular formula is C5H10F2N+. The lowest BCUT2D eigenvalue weighted by Gasteiger charge is -1.91. The van der Waals surface area contributed by atoms with E-state index in [2.05, 4.69) is 6.72 Å². The molecule has 0 aromatic rings. The molecule has 1 nitrogen and oxygen atoms in total. The van der Waals surface area contributed by atoms with Crippen molar-refractivity contribution in [1.29, 1.82) is 0 Å². The summed E-state index contributed by atoms with van der Waals surface area (Å²) in [6.07, 6.45) is 0. The van der Waals surface area contributed by atoms with Gasteiger partial charge in [0.2, 0.25) is 0 Å². The highest BCUT2D eigenvalue weighted by Gasteiger charge is 1.96. The molecule has 0 heterocycles. The highest BCUT2D eigenvalue weighted by molar-refractivity contribution is 5.14. The van der Waals surface area contributed by atoms with Crippen LogP contribution in [0.25, 0.3) is 0 Å². The van der Waals surface area contributed by atoms with E-state index in [4.69, 9.17) is 0 Å². The van der Waals surface area contributed by atoms with E-state index < -0.39 is 13.3 Å². The topological polar surface area (TPSA) is 3.01 Å². The summed E-state index contributed by atoms with van der Waals surface area (Å²) < 4.78 is 24.1. The highest BCUT2D eigenvalue weighted by Crippen LogP contribution is 1.74. The van der Waals surface area contributed by atoms with E-state index in [1.165, 1.54) is 4.58 Å². The van der Waals surface area contributed by atoms with Crippen molar-refractivity contribution in [2.45, 2.75) is 0 Å². The summed E-state index contributed by atoms with van der Waals surface area (Å²) in [5.41, 5.74) is 0. The Kier molecular flexibility index (Phi) is 4.41. The molecular weight excluding hydrogens is 112 g/mol. The van der Waals surface area contributed by atoms with Crippen molar-refractivity contribution >= 4 is 6.72 Å². The van der Waals surface area contributed by atoms with Gasteiger partial charge in [0.25, 0.3) is 0 Å². The minimum Gasteiger partial charge on any atom is -0.244 e. The molecule has 0 fully saturated rings. The summed E-state index contributed by atoms with van der Waals surface area (Å²) in [4.78, 5) is 0.